The molecule has 1 aromatic heterocycles. The molecular weight excluding hydrogens is 316 g/mol. The van der Waals surface area contributed by atoms with E-state index < -0.39 is 21.0 Å². The summed E-state index contributed by atoms with van der Waals surface area (Å²) in [6.07, 6.45) is 3.99. The Labute approximate surface area is 137 Å². The Hall–Kier alpha value is -1.37. The maximum Gasteiger partial charge on any atom is 0.238 e. The number of nitrogens with one attached hydrogen (secondary N) is 1. The number of hydrogen-bond donors (Lipinski definition) is 1. The molecule has 0 spiro atoms. The van der Waals surface area contributed by atoms with Gasteiger partial charge in [-0.2, -0.15) is 0 Å². The van der Waals surface area contributed by atoms with Gasteiger partial charge in [0.2, 0.25) is 5.91 Å². The third-order valence-corrected chi connectivity index (χ3v) is 6.78. The number of rotatable bonds is 5. The highest BCUT2D eigenvalue weighted by molar-refractivity contribution is 7.92. The molecule has 1 fully saturated rings. The van der Waals surface area contributed by atoms with Crippen LogP contribution in [0.5, 0.6) is 0 Å². The zero-order chi connectivity index (χ0) is 17.2. The molecule has 1 aliphatic rings. The summed E-state index contributed by atoms with van der Waals surface area (Å²) < 4.78 is 30.0. The fourth-order valence-corrected chi connectivity index (χ4v) is 4.38. The maximum absolute atomic E-state index is 12.5. The van der Waals surface area contributed by atoms with Crippen LogP contribution in [-0.2, 0) is 20.4 Å². The summed E-state index contributed by atoms with van der Waals surface area (Å²) in [6.45, 7) is 7.04. The molecule has 0 saturated heterocycles. The van der Waals surface area contributed by atoms with Gasteiger partial charge in [-0.1, -0.05) is 12.1 Å². The number of hydrogen-bond acceptors (Lipinski definition) is 5. The molecule has 1 unspecified atom stereocenters. The lowest BCUT2D eigenvalue weighted by Crippen LogP contribution is -2.44. The second-order valence-electron chi connectivity index (χ2n) is 6.72. The predicted molar refractivity (Wildman–Crippen MR) is 87.6 cm³/mol. The SMILES string of the molecule is Cc1noc(C)c1CS(=O)(=O)C(C)C(=O)NC1CCC(C)CC1. The van der Waals surface area contributed by atoms with Crippen LogP contribution in [0.2, 0.25) is 0 Å². The van der Waals surface area contributed by atoms with Crippen LogP contribution in [0.3, 0.4) is 0 Å². The van der Waals surface area contributed by atoms with E-state index in [0.717, 1.165) is 25.7 Å². The maximum atomic E-state index is 12.5. The van der Waals surface area contributed by atoms with Crippen molar-refractivity contribution in [2.24, 2.45) is 5.92 Å². The average molecular weight is 342 g/mol. The molecule has 1 atom stereocenters. The number of amides is 1. The molecule has 1 aliphatic carbocycles. The fourth-order valence-electron chi connectivity index (χ4n) is 2.92. The van der Waals surface area contributed by atoms with Gasteiger partial charge in [0.25, 0.3) is 0 Å². The molecule has 0 aliphatic heterocycles. The standard InChI is InChI=1S/C16H26N2O4S/c1-10-5-7-14(8-6-10)17-16(19)13(4)23(20,21)9-15-11(2)18-22-12(15)3/h10,13-14H,5-9H2,1-4H3,(H,17,19). The number of aromatic nitrogens is 1. The van der Waals surface area contributed by atoms with E-state index in [1.54, 1.807) is 13.8 Å². The van der Waals surface area contributed by atoms with E-state index in [9.17, 15) is 13.2 Å². The molecule has 130 valence electrons. The van der Waals surface area contributed by atoms with E-state index in [-0.39, 0.29) is 11.8 Å². The predicted octanol–water partition coefficient (Wildman–Crippen LogP) is 2.29. The Kier molecular flexibility index (Phi) is 5.49. The van der Waals surface area contributed by atoms with Gasteiger partial charge in [-0.05, 0) is 52.4 Å². The van der Waals surface area contributed by atoms with Crippen molar-refractivity contribution >= 4 is 15.7 Å². The first-order valence-electron chi connectivity index (χ1n) is 8.14. The van der Waals surface area contributed by atoms with Crippen LogP contribution in [0.15, 0.2) is 4.52 Å². The third kappa shape index (κ3) is 4.34. The van der Waals surface area contributed by atoms with Gasteiger partial charge in [-0.25, -0.2) is 8.42 Å². The molecule has 1 amide bonds. The van der Waals surface area contributed by atoms with Gasteiger partial charge in [0, 0.05) is 11.6 Å². The number of carbonyl (C=O) groups is 1. The Morgan fingerprint density at radius 2 is 1.91 bits per heavy atom. The van der Waals surface area contributed by atoms with Crippen LogP contribution >= 0.6 is 0 Å². The lowest BCUT2D eigenvalue weighted by Gasteiger charge is -2.27. The molecule has 1 aromatic rings. The van der Waals surface area contributed by atoms with Crippen molar-refractivity contribution in [3.8, 4) is 0 Å². The van der Waals surface area contributed by atoms with Crippen molar-refractivity contribution in [1.29, 1.82) is 0 Å². The molecule has 23 heavy (non-hydrogen) atoms. The van der Waals surface area contributed by atoms with Gasteiger partial charge in [0.15, 0.2) is 9.84 Å². The first-order chi connectivity index (χ1) is 10.7. The third-order valence-electron chi connectivity index (χ3n) is 4.80. The number of carbonyl (C=O) groups excluding carboxylic acids is 1. The van der Waals surface area contributed by atoms with Gasteiger partial charge in [-0.3, -0.25) is 4.79 Å². The van der Waals surface area contributed by atoms with Crippen molar-refractivity contribution in [3.05, 3.63) is 17.0 Å². The van der Waals surface area contributed by atoms with Crippen molar-refractivity contribution in [3.63, 3.8) is 0 Å². The summed E-state index contributed by atoms with van der Waals surface area (Å²) in [7, 11) is -3.60. The van der Waals surface area contributed by atoms with E-state index in [0.29, 0.717) is 22.9 Å². The van der Waals surface area contributed by atoms with Crippen LogP contribution in [-0.4, -0.2) is 30.8 Å². The summed E-state index contributed by atoms with van der Waals surface area (Å²) in [5.74, 6) is 0.546. The van der Waals surface area contributed by atoms with Gasteiger partial charge in [0.1, 0.15) is 11.0 Å². The second-order valence-corrected chi connectivity index (χ2v) is 9.04. The van der Waals surface area contributed by atoms with Crippen LogP contribution in [0, 0.1) is 19.8 Å². The summed E-state index contributed by atoms with van der Waals surface area (Å²) in [5.41, 5.74) is 1.11. The quantitative estimate of drug-likeness (QED) is 0.887. The molecule has 6 nitrogen and oxygen atoms in total. The topological polar surface area (TPSA) is 89.3 Å². The Morgan fingerprint density at radius 1 is 1.30 bits per heavy atom. The van der Waals surface area contributed by atoms with Gasteiger partial charge >= 0.3 is 0 Å². The highest BCUT2D eigenvalue weighted by atomic mass is 32.2. The van der Waals surface area contributed by atoms with E-state index in [1.165, 1.54) is 6.92 Å². The first-order valence-corrected chi connectivity index (χ1v) is 9.86. The highest BCUT2D eigenvalue weighted by Gasteiger charge is 2.32. The van der Waals surface area contributed by atoms with Crippen molar-refractivity contribution in [2.45, 2.75) is 70.4 Å². The summed E-state index contributed by atoms with van der Waals surface area (Å²) >= 11 is 0. The number of sulfone groups is 1. The van der Waals surface area contributed by atoms with Crippen LogP contribution in [0.25, 0.3) is 0 Å². The zero-order valence-electron chi connectivity index (χ0n) is 14.3. The van der Waals surface area contributed by atoms with Crippen molar-refractivity contribution < 1.29 is 17.7 Å². The molecule has 0 aromatic carbocycles. The summed E-state index contributed by atoms with van der Waals surface area (Å²) in [5, 5.41) is 5.59. The molecular formula is C16H26N2O4S. The van der Waals surface area contributed by atoms with E-state index in [4.69, 9.17) is 4.52 Å². The summed E-state index contributed by atoms with van der Waals surface area (Å²) in [6, 6.07) is 0.0930. The minimum Gasteiger partial charge on any atom is -0.361 e. The van der Waals surface area contributed by atoms with E-state index in [1.807, 2.05) is 0 Å². The molecule has 7 heteroatoms. The van der Waals surface area contributed by atoms with Crippen molar-refractivity contribution in [1.82, 2.24) is 10.5 Å². The molecule has 1 saturated carbocycles. The van der Waals surface area contributed by atoms with Crippen LogP contribution in [0.1, 0.15) is 56.5 Å². The Morgan fingerprint density at radius 3 is 2.43 bits per heavy atom. The minimum atomic E-state index is -3.60. The van der Waals surface area contributed by atoms with Crippen LogP contribution in [0.4, 0.5) is 0 Å². The smallest absolute Gasteiger partial charge is 0.238 e. The van der Waals surface area contributed by atoms with Crippen molar-refractivity contribution in [2.75, 3.05) is 0 Å². The summed E-state index contributed by atoms with van der Waals surface area (Å²) in [4.78, 5) is 12.3. The molecule has 0 radical (unpaired) electrons. The molecule has 0 bridgehead atoms. The monoisotopic (exact) mass is 342 g/mol. The molecule has 1 N–H and O–H groups in total. The first kappa shape index (κ1) is 18.0. The Balaban J connectivity index is 2.00. The van der Waals surface area contributed by atoms with Gasteiger partial charge in [-0.15, -0.1) is 0 Å². The van der Waals surface area contributed by atoms with Gasteiger partial charge in [0.05, 0.1) is 11.4 Å². The number of nitrogens with zero attached hydrogens (tertiary/aromatic N) is 1. The second kappa shape index (κ2) is 7.03. The highest BCUT2D eigenvalue weighted by Crippen LogP contribution is 2.24. The fraction of sp³-hybridized carbons (Fsp3) is 0.750. The zero-order valence-corrected chi connectivity index (χ0v) is 15.1. The lowest BCUT2D eigenvalue weighted by atomic mass is 9.87. The molecule has 2 rings (SSSR count). The van der Waals surface area contributed by atoms with E-state index >= 15 is 0 Å². The van der Waals surface area contributed by atoms with E-state index in [2.05, 4.69) is 17.4 Å². The van der Waals surface area contributed by atoms with Gasteiger partial charge < -0.3 is 9.84 Å². The average Bonchev–Trinajstić information content (AvgIpc) is 2.80. The minimum absolute atomic E-state index is 0.0930. The normalized spacial score (nSPS) is 23.5. The molecule has 1 heterocycles. The Bertz CT molecular complexity index is 638. The largest absolute Gasteiger partial charge is 0.361 e. The van der Waals surface area contributed by atoms with Crippen LogP contribution < -0.4 is 5.32 Å². The lowest BCUT2D eigenvalue weighted by molar-refractivity contribution is -0.121. The number of aryl methyl sites for hydroxylation is 2.